The molecule has 2 heterocycles. The summed E-state index contributed by atoms with van der Waals surface area (Å²) >= 11 is 0. The third-order valence-corrected chi connectivity index (χ3v) is 3.09. The smallest absolute Gasteiger partial charge is 0.132 e. The van der Waals surface area contributed by atoms with Gasteiger partial charge in [0, 0.05) is 38.0 Å². The van der Waals surface area contributed by atoms with Crippen LogP contribution in [0.3, 0.4) is 0 Å². The molecule has 0 amide bonds. The van der Waals surface area contributed by atoms with Crippen LogP contribution in [0.25, 0.3) is 0 Å². The van der Waals surface area contributed by atoms with Crippen LogP contribution in [-0.2, 0) is 12.8 Å². The van der Waals surface area contributed by atoms with Crippen LogP contribution in [0.5, 0.6) is 0 Å². The van der Waals surface area contributed by atoms with Gasteiger partial charge in [0.1, 0.15) is 17.5 Å². The van der Waals surface area contributed by atoms with E-state index in [0.29, 0.717) is 0 Å². The molecule has 112 valence electrons. The zero-order valence-electron chi connectivity index (χ0n) is 12.8. The normalized spacial score (nSPS) is 10.4. The highest BCUT2D eigenvalue weighted by molar-refractivity contribution is 5.47. The van der Waals surface area contributed by atoms with Crippen molar-refractivity contribution in [2.45, 2.75) is 33.1 Å². The quantitative estimate of drug-likeness (QED) is 0.781. The molecule has 21 heavy (non-hydrogen) atoms. The molecule has 0 atom stereocenters. The molecule has 2 rings (SSSR count). The number of nitrogens with one attached hydrogen (secondary N) is 2. The van der Waals surface area contributed by atoms with E-state index in [2.05, 4.69) is 45.5 Å². The molecule has 0 aliphatic heterocycles. The lowest BCUT2D eigenvalue weighted by atomic mass is 10.2. The maximum atomic E-state index is 4.51. The van der Waals surface area contributed by atoms with Crippen LogP contribution in [0.1, 0.15) is 31.7 Å². The minimum Gasteiger partial charge on any atom is -0.370 e. The highest BCUT2D eigenvalue weighted by Crippen LogP contribution is 2.12. The van der Waals surface area contributed by atoms with Gasteiger partial charge in [0.2, 0.25) is 0 Å². The summed E-state index contributed by atoms with van der Waals surface area (Å²) in [5, 5.41) is 6.68. The molecular formula is C16H23N5. The summed E-state index contributed by atoms with van der Waals surface area (Å²) in [6.45, 7) is 5.97. The van der Waals surface area contributed by atoms with E-state index in [1.165, 1.54) is 5.56 Å². The lowest BCUT2D eigenvalue weighted by Crippen LogP contribution is -2.10. The molecule has 0 radical (unpaired) electrons. The fourth-order valence-corrected chi connectivity index (χ4v) is 1.97. The summed E-state index contributed by atoms with van der Waals surface area (Å²) in [6.07, 6.45) is 6.53. The van der Waals surface area contributed by atoms with Crippen molar-refractivity contribution in [3.05, 3.63) is 42.0 Å². The standard InChI is InChI=1S/C16H23N5/c1-3-8-18-15-11-16(21-14(4-2)20-15)19-10-7-13-6-5-9-17-12-13/h5-6,9,11-12H,3-4,7-8,10H2,1-2H3,(H2,18,19,20,21). The number of hydrogen-bond donors (Lipinski definition) is 2. The molecule has 0 aromatic carbocycles. The Bertz CT molecular complexity index is 542. The lowest BCUT2D eigenvalue weighted by Gasteiger charge is -2.10. The van der Waals surface area contributed by atoms with Crippen molar-refractivity contribution in [2.75, 3.05) is 23.7 Å². The Balaban J connectivity index is 1.95. The predicted octanol–water partition coefficient (Wildman–Crippen LogP) is 2.91. The molecular weight excluding hydrogens is 262 g/mol. The van der Waals surface area contributed by atoms with E-state index in [1.807, 2.05) is 18.3 Å². The molecule has 0 aliphatic rings. The van der Waals surface area contributed by atoms with E-state index in [-0.39, 0.29) is 0 Å². The first kappa shape index (κ1) is 15.2. The van der Waals surface area contributed by atoms with Crippen molar-refractivity contribution < 1.29 is 0 Å². The number of hydrogen-bond acceptors (Lipinski definition) is 5. The van der Waals surface area contributed by atoms with Crippen molar-refractivity contribution in [3.8, 4) is 0 Å². The van der Waals surface area contributed by atoms with Crippen LogP contribution in [-0.4, -0.2) is 28.0 Å². The molecule has 5 nitrogen and oxygen atoms in total. The third kappa shape index (κ3) is 5.02. The molecule has 0 unspecified atom stereocenters. The second kappa shape index (κ2) is 8.19. The van der Waals surface area contributed by atoms with Crippen LogP contribution >= 0.6 is 0 Å². The average Bonchev–Trinajstić information content (AvgIpc) is 2.53. The van der Waals surface area contributed by atoms with Gasteiger partial charge in [-0.15, -0.1) is 0 Å². The minimum absolute atomic E-state index is 0.832. The van der Waals surface area contributed by atoms with Gasteiger partial charge in [0.25, 0.3) is 0 Å². The largest absolute Gasteiger partial charge is 0.370 e. The Hall–Kier alpha value is -2.17. The lowest BCUT2D eigenvalue weighted by molar-refractivity contribution is 0.908. The summed E-state index contributed by atoms with van der Waals surface area (Å²) in [6, 6.07) is 6.01. The van der Waals surface area contributed by atoms with Crippen LogP contribution in [0.15, 0.2) is 30.6 Å². The van der Waals surface area contributed by atoms with E-state index in [1.54, 1.807) is 6.20 Å². The van der Waals surface area contributed by atoms with Gasteiger partial charge < -0.3 is 10.6 Å². The Kier molecular flexibility index (Phi) is 5.94. The molecule has 0 bridgehead atoms. The Morgan fingerprint density at radius 2 is 1.81 bits per heavy atom. The van der Waals surface area contributed by atoms with Crippen molar-refractivity contribution in [1.29, 1.82) is 0 Å². The van der Waals surface area contributed by atoms with Gasteiger partial charge in [0.05, 0.1) is 0 Å². The first-order valence-corrected chi connectivity index (χ1v) is 7.56. The molecule has 0 spiro atoms. The van der Waals surface area contributed by atoms with E-state index in [9.17, 15) is 0 Å². The summed E-state index contributed by atoms with van der Waals surface area (Å²) < 4.78 is 0. The molecule has 2 N–H and O–H groups in total. The molecule has 0 aliphatic carbocycles. The van der Waals surface area contributed by atoms with Gasteiger partial charge in [-0.2, -0.15) is 0 Å². The third-order valence-electron chi connectivity index (χ3n) is 3.09. The second-order valence-corrected chi connectivity index (χ2v) is 4.87. The molecule has 2 aromatic heterocycles. The second-order valence-electron chi connectivity index (χ2n) is 4.87. The first-order valence-electron chi connectivity index (χ1n) is 7.56. The van der Waals surface area contributed by atoms with E-state index in [0.717, 1.165) is 49.8 Å². The number of aromatic nitrogens is 3. The van der Waals surface area contributed by atoms with Gasteiger partial charge in [-0.3, -0.25) is 4.98 Å². The molecule has 0 saturated carbocycles. The van der Waals surface area contributed by atoms with Crippen LogP contribution < -0.4 is 10.6 Å². The van der Waals surface area contributed by atoms with Crippen LogP contribution in [0, 0.1) is 0 Å². The van der Waals surface area contributed by atoms with E-state index in [4.69, 9.17) is 0 Å². The van der Waals surface area contributed by atoms with Gasteiger partial charge in [-0.05, 0) is 24.5 Å². The fourth-order valence-electron chi connectivity index (χ4n) is 1.97. The number of aryl methyl sites for hydroxylation is 1. The van der Waals surface area contributed by atoms with Crippen LogP contribution in [0.4, 0.5) is 11.6 Å². The monoisotopic (exact) mass is 285 g/mol. The molecule has 0 fully saturated rings. The molecule has 5 heteroatoms. The number of rotatable bonds is 8. The maximum Gasteiger partial charge on any atom is 0.132 e. The SMILES string of the molecule is CCCNc1cc(NCCc2cccnc2)nc(CC)n1. The Morgan fingerprint density at radius 3 is 2.43 bits per heavy atom. The van der Waals surface area contributed by atoms with Gasteiger partial charge >= 0.3 is 0 Å². The zero-order valence-corrected chi connectivity index (χ0v) is 12.8. The van der Waals surface area contributed by atoms with Crippen LogP contribution in [0.2, 0.25) is 0 Å². The molecule has 2 aromatic rings. The van der Waals surface area contributed by atoms with Crippen molar-refractivity contribution in [1.82, 2.24) is 15.0 Å². The fraction of sp³-hybridized carbons (Fsp3) is 0.438. The number of nitrogens with zero attached hydrogens (tertiary/aromatic N) is 3. The topological polar surface area (TPSA) is 62.7 Å². The maximum absolute atomic E-state index is 4.51. The summed E-state index contributed by atoms with van der Waals surface area (Å²) in [7, 11) is 0. The minimum atomic E-state index is 0.832. The van der Waals surface area contributed by atoms with Gasteiger partial charge in [0.15, 0.2) is 0 Å². The summed E-state index contributed by atoms with van der Waals surface area (Å²) in [5.74, 6) is 2.64. The number of anilines is 2. The number of pyridine rings is 1. The highest BCUT2D eigenvalue weighted by Gasteiger charge is 2.03. The first-order chi connectivity index (χ1) is 10.3. The summed E-state index contributed by atoms with van der Waals surface area (Å²) in [4.78, 5) is 13.1. The highest BCUT2D eigenvalue weighted by atomic mass is 15.1. The average molecular weight is 285 g/mol. The zero-order chi connectivity index (χ0) is 14.9. The van der Waals surface area contributed by atoms with Gasteiger partial charge in [-0.1, -0.05) is 19.9 Å². The Morgan fingerprint density at radius 1 is 1.05 bits per heavy atom. The van der Waals surface area contributed by atoms with E-state index < -0.39 is 0 Å². The van der Waals surface area contributed by atoms with Crippen molar-refractivity contribution in [2.24, 2.45) is 0 Å². The summed E-state index contributed by atoms with van der Waals surface area (Å²) in [5.41, 5.74) is 1.22. The Labute approximate surface area is 126 Å². The predicted molar refractivity (Wildman–Crippen MR) is 86.6 cm³/mol. The van der Waals surface area contributed by atoms with Crippen molar-refractivity contribution in [3.63, 3.8) is 0 Å². The van der Waals surface area contributed by atoms with Gasteiger partial charge in [-0.25, -0.2) is 9.97 Å². The van der Waals surface area contributed by atoms with E-state index >= 15 is 0 Å². The van der Waals surface area contributed by atoms with Crippen molar-refractivity contribution >= 4 is 11.6 Å². The molecule has 0 saturated heterocycles.